The molecule has 5 rings (SSSR count). The van der Waals surface area contributed by atoms with Gasteiger partial charge in [-0.1, -0.05) is 11.6 Å². The summed E-state index contributed by atoms with van der Waals surface area (Å²) in [5, 5.41) is 0.605. The molecule has 1 aromatic heterocycles. The first kappa shape index (κ1) is 21.5. The number of aromatic nitrogens is 2. The molecule has 1 amide bonds. The molecule has 0 bridgehead atoms. The van der Waals surface area contributed by atoms with E-state index in [9.17, 15) is 4.79 Å². The molecule has 0 aliphatic carbocycles. The Morgan fingerprint density at radius 3 is 2.33 bits per heavy atom. The summed E-state index contributed by atoms with van der Waals surface area (Å²) in [6, 6.07) is 14.4. The molecule has 170 valence electrons. The second-order valence-electron chi connectivity index (χ2n) is 8.21. The molecule has 33 heavy (non-hydrogen) atoms. The van der Waals surface area contributed by atoms with E-state index in [0.717, 1.165) is 42.9 Å². The quantitative estimate of drug-likeness (QED) is 0.543. The van der Waals surface area contributed by atoms with Gasteiger partial charge in [0.2, 0.25) is 11.8 Å². The fraction of sp³-hybridized carbons (Fsp3) is 0.320. The molecular formula is C25H25ClN4O3. The molecule has 0 radical (unpaired) electrons. The zero-order valence-corrected chi connectivity index (χ0v) is 19.2. The van der Waals surface area contributed by atoms with E-state index in [-0.39, 0.29) is 5.91 Å². The Bertz CT molecular complexity index is 1150. The number of fused-ring (bicyclic) bond motifs is 1. The lowest BCUT2D eigenvalue weighted by molar-refractivity contribution is 0.0732. The molecule has 0 atom stereocenters. The Labute approximate surface area is 197 Å². The fourth-order valence-electron chi connectivity index (χ4n) is 4.22. The molecule has 1 saturated heterocycles. The van der Waals surface area contributed by atoms with Crippen LogP contribution in [0.15, 0.2) is 48.5 Å². The highest BCUT2D eigenvalue weighted by molar-refractivity contribution is 6.30. The maximum Gasteiger partial charge on any atom is 0.254 e. The minimum Gasteiger partial charge on any atom is -0.497 e. The van der Waals surface area contributed by atoms with Crippen molar-refractivity contribution in [2.75, 3.05) is 31.6 Å². The molecule has 3 aromatic rings. The number of benzene rings is 2. The number of methoxy groups -OCH3 is 1. The number of amides is 1. The third-order valence-electron chi connectivity index (χ3n) is 6.05. The van der Waals surface area contributed by atoms with Gasteiger partial charge < -0.3 is 19.3 Å². The Balaban J connectivity index is 1.46. The van der Waals surface area contributed by atoms with Gasteiger partial charge in [0.05, 0.1) is 24.9 Å². The Morgan fingerprint density at radius 1 is 0.939 bits per heavy atom. The highest BCUT2D eigenvalue weighted by Gasteiger charge is 2.29. The summed E-state index contributed by atoms with van der Waals surface area (Å²) >= 11 is 5.98. The number of halogens is 1. The highest BCUT2D eigenvalue weighted by Crippen LogP contribution is 2.33. The lowest BCUT2D eigenvalue weighted by atomic mass is 10.1. The van der Waals surface area contributed by atoms with Crippen LogP contribution >= 0.6 is 11.6 Å². The van der Waals surface area contributed by atoms with Crippen LogP contribution in [-0.4, -0.2) is 47.5 Å². The van der Waals surface area contributed by atoms with Crippen molar-refractivity contribution in [3.8, 4) is 17.4 Å². The van der Waals surface area contributed by atoms with Crippen LogP contribution in [0.4, 0.5) is 5.95 Å². The van der Waals surface area contributed by atoms with Crippen LogP contribution in [0, 0.1) is 0 Å². The molecule has 0 unspecified atom stereocenters. The summed E-state index contributed by atoms with van der Waals surface area (Å²) in [7, 11) is 1.63. The molecule has 0 spiro atoms. The molecule has 2 aliphatic rings. The first-order valence-corrected chi connectivity index (χ1v) is 11.5. The molecule has 3 heterocycles. The van der Waals surface area contributed by atoms with E-state index < -0.39 is 0 Å². The number of carbonyl (C=O) groups is 1. The van der Waals surface area contributed by atoms with E-state index >= 15 is 0 Å². The molecular weight excluding hydrogens is 440 g/mol. The zero-order valence-electron chi connectivity index (χ0n) is 18.5. The lowest BCUT2D eigenvalue weighted by Gasteiger charge is -2.30. The van der Waals surface area contributed by atoms with Crippen molar-refractivity contribution in [2.24, 2.45) is 0 Å². The second-order valence-corrected chi connectivity index (χ2v) is 8.65. The van der Waals surface area contributed by atoms with Gasteiger partial charge in [-0.15, -0.1) is 0 Å². The lowest BCUT2D eigenvalue weighted by Crippen LogP contribution is -2.37. The molecule has 2 aliphatic heterocycles. The van der Waals surface area contributed by atoms with E-state index in [4.69, 9.17) is 31.0 Å². The molecule has 0 saturated carbocycles. The summed E-state index contributed by atoms with van der Waals surface area (Å²) < 4.78 is 11.5. The zero-order chi connectivity index (χ0) is 22.8. The number of rotatable bonds is 5. The Morgan fingerprint density at radius 2 is 1.64 bits per heavy atom. The normalized spacial score (nSPS) is 15.3. The largest absolute Gasteiger partial charge is 0.497 e. The number of anilines is 1. The molecule has 2 aromatic carbocycles. The van der Waals surface area contributed by atoms with E-state index in [1.807, 2.05) is 29.2 Å². The van der Waals surface area contributed by atoms with E-state index in [0.29, 0.717) is 47.7 Å². The number of ether oxygens (including phenoxy) is 2. The predicted octanol–water partition coefficient (Wildman–Crippen LogP) is 4.73. The minimum atomic E-state index is -0.0451. The van der Waals surface area contributed by atoms with Crippen LogP contribution in [-0.2, 0) is 13.0 Å². The molecule has 7 nitrogen and oxygen atoms in total. The number of hydrogen-bond donors (Lipinski definition) is 0. The first-order chi connectivity index (χ1) is 16.1. The third-order valence-corrected chi connectivity index (χ3v) is 6.30. The van der Waals surface area contributed by atoms with E-state index in [1.165, 1.54) is 0 Å². The maximum absolute atomic E-state index is 13.1. The van der Waals surface area contributed by atoms with Gasteiger partial charge in [-0.25, -0.2) is 4.98 Å². The van der Waals surface area contributed by atoms with Gasteiger partial charge in [0.1, 0.15) is 11.5 Å². The van der Waals surface area contributed by atoms with Crippen LogP contribution in [0.1, 0.15) is 34.5 Å². The summed E-state index contributed by atoms with van der Waals surface area (Å²) in [6.07, 6.45) is 2.92. The summed E-state index contributed by atoms with van der Waals surface area (Å²) in [4.78, 5) is 26.8. The standard InChI is InChI=1S/C25H25ClN4O3/c1-32-19-8-10-20(11-9-19)33-23-21-16-30(24(31)17-4-6-18(26)7-5-17)15-12-22(21)27-25(28-23)29-13-2-3-14-29/h4-11H,2-3,12-16H2,1H3. The maximum atomic E-state index is 13.1. The summed E-state index contributed by atoms with van der Waals surface area (Å²) in [5.41, 5.74) is 2.40. The van der Waals surface area contributed by atoms with Gasteiger partial charge in [0.25, 0.3) is 5.91 Å². The van der Waals surface area contributed by atoms with Crippen molar-refractivity contribution in [3.63, 3.8) is 0 Å². The fourth-order valence-corrected chi connectivity index (χ4v) is 4.34. The van der Waals surface area contributed by atoms with Crippen molar-refractivity contribution < 1.29 is 14.3 Å². The van der Waals surface area contributed by atoms with E-state index in [1.54, 1.807) is 31.4 Å². The smallest absolute Gasteiger partial charge is 0.254 e. The topological polar surface area (TPSA) is 67.8 Å². The minimum absolute atomic E-state index is 0.0451. The van der Waals surface area contributed by atoms with Crippen molar-refractivity contribution >= 4 is 23.5 Å². The average molecular weight is 465 g/mol. The van der Waals surface area contributed by atoms with Gasteiger partial charge in [-0.3, -0.25) is 4.79 Å². The van der Waals surface area contributed by atoms with Gasteiger partial charge in [-0.05, 0) is 61.4 Å². The van der Waals surface area contributed by atoms with Crippen molar-refractivity contribution in [1.82, 2.24) is 14.9 Å². The first-order valence-electron chi connectivity index (χ1n) is 11.1. The second kappa shape index (κ2) is 9.27. The van der Waals surface area contributed by atoms with Crippen LogP contribution in [0.3, 0.4) is 0 Å². The van der Waals surface area contributed by atoms with Crippen LogP contribution in [0.5, 0.6) is 17.4 Å². The van der Waals surface area contributed by atoms with Gasteiger partial charge in [0, 0.05) is 36.6 Å². The van der Waals surface area contributed by atoms with Gasteiger partial charge >= 0.3 is 0 Å². The van der Waals surface area contributed by atoms with Gasteiger partial charge in [0.15, 0.2) is 0 Å². The van der Waals surface area contributed by atoms with Gasteiger partial charge in [-0.2, -0.15) is 4.98 Å². The number of nitrogens with zero attached hydrogens (tertiary/aromatic N) is 4. The van der Waals surface area contributed by atoms with Crippen molar-refractivity contribution in [2.45, 2.75) is 25.8 Å². The monoisotopic (exact) mass is 464 g/mol. The number of hydrogen-bond acceptors (Lipinski definition) is 6. The van der Waals surface area contributed by atoms with Crippen molar-refractivity contribution in [3.05, 3.63) is 70.4 Å². The van der Waals surface area contributed by atoms with E-state index in [2.05, 4.69) is 4.90 Å². The average Bonchev–Trinajstić information content (AvgIpc) is 3.39. The molecule has 8 heteroatoms. The van der Waals surface area contributed by atoms with Crippen LogP contribution in [0.2, 0.25) is 5.02 Å². The SMILES string of the molecule is COc1ccc(Oc2nc(N3CCCC3)nc3c2CN(C(=O)c2ccc(Cl)cc2)CC3)cc1. The Kier molecular flexibility index (Phi) is 6.05. The summed E-state index contributed by atoms with van der Waals surface area (Å²) in [6.45, 7) is 2.87. The van der Waals surface area contributed by atoms with Crippen LogP contribution in [0.25, 0.3) is 0 Å². The summed E-state index contributed by atoms with van der Waals surface area (Å²) in [5.74, 6) is 2.57. The Hall–Kier alpha value is -3.32. The number of carbonyl (C=O) groups excluding carboxylic acids is 1. The highest BCUT2D eigenvalue weighted by atomic mass is 35.5. The third kappa shape index (κ3) is 4.59. The molecule has 1 fully saturated rings. The van der Waals surface area contributed by atoms with Crippen LogP contribution < -0.4 is 14.4 Å². The predicted molar refractivity (Wildman–Crippen MR) is 126 cm³/mol. The molecule has 0 N–H and O–H groups in total. The van der Waals surface area contributed by atoms with Crippen molar-refractivity contribution in [1.29, 1.82) is 0 Å².